The van der Waals surface area contributed by atoms with Gasteiger partial charge in [0.1, 0.15) is 78.4 Å². The van der Waals surface area contributed by atoms with Crippen molar-refractivity contribution >= 4 is 88.8 Å². The summed E-state index contributed by atoms with van der Waals surface area (Å²) < 4.78 is 11.7. The van der Waals surface area contributed by atoms with Gasteiger partial charge in [0.25, 0.3) is 5.91 Å². The topological polar surface area (TPSA) is 625 Å². The number of hydrogen-bond donors (Lipinski definition) is 19. The van der Waals surface area contributed by atoms with Crippen LogP contribution in [0.5, 0.6) is 5.75 Å². The SMILES string of the molecule is COC(c1ccc(O)cc1)C1NC(=O)[C@H](CCC(N)=O)N(C)C(=O)[C@H](CC(C)C)NC(=O)[C@@H](CCCN=C(N)N)NC(=O)[C@H]([C@@H](C)O)NC(=O)[C@H](NC(=O)[C@@H](NC(=O)[C@H](O)[C@H](O)[C@H](CCCN=C(N)N)NC(=O)[C@@H](C)NC(=O)[C@H](C)[C@H](O)[C@H](C)CC(C)C)[C@@H](C)[C@@H](C)C(N)=O)[C@@H](C)OC(=O)[C@H](C)N(C)C1=O. The molecular formula is C68H116N18O20. The Hall–Kier alpha value is -9.53. The molecule has 106 heavy (non-hydrogen) atoms. The number of aliphatic hydroxyl groups is 4. The number of primary amides is 2. The number of methoxy groups -OCH3 is 1. The van der Waals surface area contributed by atoms with Crippen LogP contribution in [0.1, 0.15) is 146 Å². The average Bonchev–Trinajstić information content (AvgIpc) is 0.811. The molecule has 1 aromatic carbocycles. The molecule has 25 N–H and O–H groups in total. The van der Waals surface area contributed by atoms with Crippen molar-refractivity contribution < 1.29 is 97.3 Å². The van der Waals surface area contributed by atoms with E-state index in [1.54, 1.807) is 20.8 Å². The normalized spacial score (nSPS) is 23.2. The van der Waals surface area contributed by atoms with Crippen molar-refractivity contribution in [3.8, 4) is 5.75 Å². The van der Waals surface area contributed by atoms with Crippen LogP contribution in [0, 0.1) is 35.5 Å². The van der Waals surface area contributed by atoms with E-state index < -0.39 is 204 Å². The summed E-state index contributed by atoms with van der Waals surface area (Å²) in [5, 5.41) is 75.7. The number of aliphatic imine (C=N–C) groups is 2. The van der Waals surface area contributed by atoms with E-state index in [2.05, 4.69) is 52.5 Å². The van der Waals surface area contributed by atoms with Gasteiger partial charge in [-0.2, -0.15) is 0 Å². The Balaban J connectivity index is 3.02. The summed E-state index contributed by atoms with van der Waals surface area (Å²) in [4.78, 5) is 196. The van der Waals surface area contributed by atoms with Gasteiger partial charge in [0, 0.05) is 46.6 Å². The van der Waals surface area contributed by atoms with Crippen LogP contribution in [0.2, 0.25) is 0 Å². The number of rotatable bonds is 34. The molecule has 0 aromatic heterocycles. The second kappa shape index (κ2) is 43.8. The predicted octanol–water partition coefficient (Wildman–Crippen LogP) is -5.44. The van der Waals surface area contributed by atoms with Crippen LogP contribution in [-0.4, -0.2) is 249 Å². The number of benzene rings is 1. The number of carbonyl (C=O) groups is 13. The zero-order valence-electron chi connectivity index (χ0n) is 63.2. The monoisotopic (exact) mass is 1500 g/mol. The van der Waals surface area contributed by atoms with Crippen LogP contribution in [0.4, 0.5) is 0 Å². The first-order chi connectivity index (χ1) is 49.3. The van der Waals surface area contributed by atoms with Crippen molar-refractivity contribution in [3.63, 3.8) is 0 Å². The quantitative estimate of drug-likeness (QED) is 0.0132. The third kappa shape index (κ3) is 28.7. The number of amides is 12. The molecule has 1 aliphatic heterocycles. The number of aromatic hydroxyl groups is 1. The molecular weight excluding hydrogens is 1390 g/mol. The lowest BCUT2D eigenvalue weighted by molar-refractivity contribution is -0.162. The summed E-state index contributed by atoms with van der Waals surface area (Å²) in [6.45, 7) is 17.4. The Kier molecular flexibility index (Phi) is 38.2. The van der Waals surface area contributed by atoms with Crippen molar-refractivity contribution in [2.24, 2.45) is 79.9 Å². The number of hydrogen-bond acceptors (Lipinski definition) is 22. The Bertz CT molecular complexity index is 3230. The van der Waals surface area contributed by atoms with Crippen molar-refractivity contribution in [1.29, 1.82) is 0 Å². The summed E-state index contributed by atoms with van der Waals surface area (Å²) in [6, 6.07) is -12.6. The van der Waals surface area contributed by atoms with E-state index in [1.807, 2.05) is 13.8 Å². The van der Waals surface area contributed by atoms with E-state index in [4.69, 9.17) is 43.9 Å². The second-order valence-corrected chi connectivity index (χ2v) is 28.0. The molecule has 0 aliphatic carbocycles. The number of phenols is 1. The average molecular weight is 1510 g/mol. The summed E-state index contributed by atoms with van der Waals surface area (Å²) in [5.74, 6) is -19.8. The van der Waals surface area contributed by atoms with Gasteiger partial charge in [0.15, 0.2) is 18.0 Å². The van der Waals surface area contributed by atoms with E-state index in [0.717, 1.165) is 37.6 Å². The first-order valence-corrected chi connectivity index (χ1v) is 35.2. The Morgan fingerprint density at radius 3 is 1.72 bits per heavy atom. The van der Waals surface area contributed by atoms with Crippen molar-refractivity contribution in [1.82, 2.24) is 52.3 Å². The van der Waals surface area contributed by atoms with Gasteiger partial charge in [0.2, 0.25) is 65.0 Å². The molecule has 0 spiro atoms. The number of esters is 1. The van der Waals surface area contributed by atoms with Gasteiger partial charge in [0.05, 0.1) is 24.2 Å². The fourth-order valence-corrected chi connectivity index (χ4v) is 11.7. The zero-order valence-corrected chi connectivity index (χ0v) is 63.2. The minimum absolute atomic E-state index is 0.00975. The van der Waals surface area contributed by atoms with E-state index in [0.29, 0.717) is 6.42 Å². The highest BCUT2D eigenvalue weighted by atomic mass is 16.5. The molecule has 20 atom stereocenters. The lowest BCUT2D eigenvalue weighted by atomic mass is 9.87. The van der Waals surface area contributed by atoms with Crippen molar-refractivity contribution in [3.05, 3.63) is 29.8 Å². The van der Waals surface area contributed by atoms with Gasteiger partial charge in [-0.15, -0.1) is 0 Å². The van der Waals surface area contributed by atoms with Gasteiger partial charge in [-0.3, -0.25) is 67.5 Å². The van der Waals surface area contributed by atoms with Crippen LogP contribution in [0.15, 0.2) is 34.3 Å². The van der Waals surface area contributed by atoms with Gasteiger partial charge in [-0.05, 0) is 114 Å². The molecule has 38 nitrogen and oxygen atoms in total. The highest BCUT2D eigenvalue weighted by Gasteiger charge is 2.45. The van der Waals surface area contributed by atoms with Crippen LogP contribution in [0.3, 0.4) is 0 Å². The van der Waals surface area contributed by atoms with Crippen LogP contribution < -0.4 is 76.9 Å². The molecule has 2 unspecified atom stereocenters. The maximum atomic E-state index is 15.1. The summed E-state index contributed by atoms with van der Waals surface area (Å²) in [5.41, 5.74) is 33.6. The predicted molar refractivity (Wildman–Crippen MR) is 386 cm³/mol. The molecule has 0 saturated carbocycles. The third-order valence-corrected chi connectivity index (χ3v) is 18.5. The molecule has 12 amide bonds. The number of nitrogens with one attached hydrogen (secondary N) is 8. The Labute approximate surface area is 617 Å². The number of nitrogens with zero attached hydrogens (tertiary/aromatic N) is 4. The number of guanidine groups is 2. The first-order valence-electron chi connectivity index (χ1n) is 35.2. The van der Waals surface area contributed by atoms with Crippen LogP contribution in [0.25, 0.3) is 0 Å². The Morgan fingerprint density at radius 2 is 1.19 bits per heavy atom. The number of aliphatic hydroxyl groups excluding tert-OH is 4. The van der Waals surface area contributed by atoms with E-state index in [-0.39, 0.29) is 86.2 Å². The minimum Gasteiger partial charge on any atom is -0.508 e. The molecule has 1 aliphatic rings. The van der Waals surface area contributed by atoms with Gasteiger partial charge in [-0.1, -0.05) is 67.5 Å². The number of likely N-dealkylation sites (N-methyl/N-ethyl adjacent to an activating group) is 2. The van der Waals surface area contributed by atoms with Crippen molar-refractivity contribution in [2.45, 2.75) is 231 Å². The maximum Gasteiger partial charge on any atom is 0.328 e. The lowest BCUT2D eigenvalue weighted by Gasteiger charge is -2.36. The molecule has 1 heterocycles. The van der Waals surface area contributed by atoms with E-state index >= 15 is 14.4 Å². The minimum atomic E-state index is -2.58. The highest BCUT2D eigenvalue weighted by molar-refractivity contribution is 5.99. The van der Waals surface area contributed by atoms with Crippen molar-refractivity contribution in [2.75, 3.05) is 34.3 Å². The summed E-state index contributed by atoms with van der Waals surface area (Å²) in [6.07, 6.45) is -12.4. The molecule has 1 aromatic rings. The molecule has 1 saturated heterocycles. The number of nitrogens with two attached hydrogens (primary N) is 6. The van der Waals surface area contributed by atoms with Crippen LogP contribution in [-0.2, 0) is 71.8 Å². The first kappa shape index (κ1) is 92.6. The van der Waals surface area contributed by atoms with Gasteiger partial charge in [-0.25, -0.2) is 4.79 Å². The molecule has 0 radical (unpaired) electrons. The fraction of sp³-hybridized carbons (Fsp3) is 0.691. The standard InChI is InChI=1S/C68H116N18O20/c1-30(2)28-32(5)51(90)35(8)56(94)77-36(9)57(95)78-42(18-16-26-75-67(71)72)52(91)53(92)63(101)81-47(33(6)34(7)55(70)93)60(98)83-49-39(12)106-66(104)37(10)85(13)65(103)50(54(105-15)40-20-22-41(88)23-21-40)84-59(97)45(24-25-46(69)89)86(14)64(102)44(29-31(3)4)80-58(96)43(19-17-27-76-68(73)74)79-61(99)48(38(11)87)82-62(49)100/h20-23,30-39,42-45,47-54,87-88,90-92H,16-19,24-29H2,1-15H3,(H2,69,89)(H2,70,93)(H,77,94)(H,78,95)(H,79,99)(H,80,96)(H,81,101)(H,82,100)(H,83,98)(H,84,97)(H4,71,72,75)(H4,73,74,76)/t32-,33+,34-,35-,36-,37+,38-,39-,42+,43-,44+,45+,47+,48+,49-,50?,51-,52-,53-,54?/m1/s1. The third-order valence-electron chi connectivity index (χ3n) is 18.5. The van der Waals surface area contributed by atoms with Crippen LogP contribution >= 0.6 is 0 Å². The number of cyclic esters (lactones) is 1. The summed E-state index contributed by atoms with van der Waals surface area (Å²) >= 11 is 0. The summed E-state index contributed by atoms with van der Waals surface area (Å²) in [7, 11) is 3.47. The number of ether oxygens (including phenoxy) is 2. The van der Waals surface area contributed by atoms with E-state index in [9.17, 15) is 73.5 Å². The largest absolute Gasteiger partial charge is 0.508 e. The van der Waals surface area contributed by atoms with Gasteiger partial charge < -0.3 is 122 Å². The fourth-order valence-electron chi connectivity index (χ4n) is 11.7. The molecule has 1 fully saturated rings. The zero-order chi connectivity index (χ0) is 81.1. The molecule has 598 valence electrons. The Morgan fingerprint density at radius 1 is 0.623 bits per heavy atom. The van der Waals surface area contributed by atoms with Gasteiger partial charge >= 0.3 is 5.97 Å². The molecule has 2 rings (SSSR count). The molecule has 0 bridgehead atoms. The maximum absolute atomic E-state index is 15.1. The second-order valence-electron chi connectivity index (χ2n) is 28.0. The lowest BCUT2D eigenvalue weighted by Crippen LogP contribution is -2.65. The number of phenolic OH excluding ortho intramolecular Hbond substituents is 1. The smallest absolute Gasteiger partial charge is 0.328 e. The number of carbonyl (C=O) groups excluding carboxylic acids is 13. The van der Waals surface area contributed by atoms with E-state index in [1.165, 1.54) is 66.1 Å². The highest BCUT2D eigenvalue weighted by Crippen LogP contribution is 2.27. The molecule has 38 heteroatoms.